The summed E-state index contributed by atoms with van der Waals surface area (Å²) < 4.78 is 29.3. The second kappa shape index (κ2) is 5.40. The first-order valence-corrected chi connectivity index (χ1v) is 8.63. The molecule has 7 heteroatoms. The lowest BCUT2D eigenvalue weighted by Gasteiger charge is -2.34. The highest BCUT2D eigenvalue weighted by atomic mass is 32.2. The second-order valence-corrected chi connectivity index (χ2v) is 7.61. The molecule has 1 aliphatic carbocycles. The van der Waals surface area contributed by atoms with Crippen molar-refractivity contribution in [3.8, 4) is 0 Å². The van der Waals surface area contributed by atoms with Crippen molar-refractivity contribution in [2.45, 2.75) is 30.2 Å². The SMILES string of the molecule is Cn1ccc2cc(S(=O)(=O)NC3CC(CC(=O)O)C3)ccc21. The van der Waals surface area contributed by atoms with Gasteiger partial charge in [-0.2, -0.15) is 0 Å². The van der Waals surface area contributed by atoms with Gasteiger partial charge in [0.25, 0.3) is 0 Å². The van der Waals surface area contributed by atoms with Crippen LogP contribution in [0.3, 0.4) is 0 Å². The van der Waals surface area contributed by atoms with E-state index in [1.54, 1.807) is 18.2 Å². The van der Waals surface area contributed by atoms with Crippen LogP contribution in [0.5, 0.6) is 0 Å². The summed E-state index contributed by atoms with van der Waals surface area (Å²) in [4.78, 5) is 10.8. The molecular formula is C15H18N2O4S. The minimum Gasteiger partial charge on any atom is -0.481 e. The van der Waals surface area contributed by atoms with Gasteiger partial charge in [0.2, 0.25) is 10.0 Å². The number of aliphatic carboxylic acids is 1. The summed E-state index contributed by atoms with van der Waals surface area (Å²) in [6, 6.07) is 6.75. The van der Waals surface area contributed by atoms with Crippen LogP contribution >= 0.6 is 0 Å². The summed E-state index contributed by atoms with van der Waals surface area (Å²) in [6.07, 6.45) is 3.16. The summed E-state index contributed by atoms with van der Waals surface area (Å²) in [5, 5.41) is 9.59. The van der Waals surface area contributed by atoms with E-state index in [2.05, 4.69) is 4.72 Å². The van der Waals surface area contributed by atoms with Crippen molar-refractivity contribution in [1.29, 1.82) is 0 Å². The molecule has 1 aromatic heterocycles. The highest BCUT2D eigenvalue weighted by molar-refractivity contribution is 7.89. The summed E-state index contributed by atoms with van der Waals surface area (Å²) in [7, 11) is -1.65. The fourth-order valence-electron chi connectivity index (χ4n) is 2.96. The Bertz CT molecular complexity index is 819. The number of carbonyl (C=O) groups is 1. The number of carboxylic acid groups (broad SMARTS) is 1. The molecule has 1 saturated carbocycles. The molecule has 0 unspecified atom stereocenters. The van der Waals surface area contributed by atoms with Crippen molar-refractivity contribution in [3.63, 3.8) is 0 Å². The molecule has 2 aromatic rings. The largest absolute Gasteiger partial charge is 0.481 e. The minimum atomic E-state index is -3.56. The molecule has 1 aromatic carbocycles. The number of sulfonamides is 1. The van der Waals surface area contributed by atoms with E-state index in [9.17, 15) is 13.2 Å². The standard InChI is InChI=1S/C15H18N2O4S/c1-17-5-4-11-9-13(2-3-14(11)17)22(20,21)16-12-6-10(7-12)8-15(18)19/h2-5,9-10,12,16H,6-8H2,1H3,(H,18,19). The molecule has 0 aliphatic heterocycles. The average molecular weight is 322 g/mol. The van der Waals surface area contributed by atoms with Crippen molar-refractivity contribution in [1.82, 2.24) is 9.29 Å². The fraction of sp³-hybridized carbons (Fsp3) is 0.400. The van der Waals surface area contributed by atoms with E-state index < -0.39 is 16.0 Å². The van der Waals surface area contributed by atoms with E-state index in [1.807, 2.05) is 23.9 Å². The van der Waals surface area contributed by atoms with Crippen LogP contribution in [0.4, 0.5) is 0 Å². The molecule has 0 saturated heterocycles. The van der Waals surface area contributed by atoms with Crippen LogP contribution in [0.1, 0.15) is 19.3 Å². The number of nitrogens with one attached hydrogen (secondary N) is 1. The van der Waals surface area contributed by atoms with Gasteiger partial charge in [-0.1, -0.05) is 0 Å². The third-order valence-corrected chi connectivity index (χ3v) is 5.71. The maximum Gasteiger partial charge on any atom is 0.303 e. The number of benzene rings is 1. The monoisotopic (exact) mass is 322 g/mol. The van der Waals surface area contributed by atoms with E-state index in [0.29, 0.717) is 12.8 Å². The Labute approximate surface area is 128 Å². The van der Waals surface area contributed by atoms with Crippen LogP contribution in [-0.4, -0.2) is 30.1 Å². The molecule has 0 amide bonds. The molecule has 1 aliphatic rings. The third kappa shape index (κ3) is 2.86. The minimum absolute atomic E-state index is 0.0711. The Hall–Kier alpha value is -1.86. The number of fused-ring (bicyclic) bond motifs is 1. The lowest BCUT2D eigenvalue weighted by Crippen LogP contribution is -2.44. The van der Waals surface area contributed by atoms with Crippen LogP contribution < -0.4 is 4.72 Å². The Morgan fingerprint density at radius 1 is 1.36 bits per heavy atom. The summed E-state index contributed by atoms with van der Waals surface area (Å²) >= 11 is 0. The quantitative estimate of drug-likeness (QED) is 0.877. The summed E-state index contributed by atoms with van der Waals surface area (Å²) in [5.41, 5.74) is 0.976. The molecule has 0 atom stereocenters. The Morgan fingerprint density at radius 2 is 2.09 bits per heavy atom. The van der Waals surface area contributed by atoms with E-state index >= 15 is 0 Å². The van der Waals surface area contributed by atoms with E-state index in [1.165, 1.54) is 0 Å². The first-order chi connectivity index (χ1) is 10.3. The van der Waals surface area contributed by atoms with Gasteiger partial charge in [0.1, 0.15) is 0 Å². The fourth-order valence-corrected chi connectivity index (χ4v) is 4.26. The normalized spacial score (nSPS) is 21.7. The van der Waals surface area contributed by atoms with Gasteiger partial charge in [-0.15, -0.1) is 0 Å². The van der Waals surface area contributed by atoms with Gasteiger partial charge in [0, 0.05) is 36.6 Å². The van der Waals surface area contributed by atoms with Crippen LogP contribution in [-0.2, 0) is 21.9 Å². The third-order valence-electron chi connectivity index (χ3n) is 4.19. The number of aryl methyl sites for hydroxylation is 1. The lowest BCUT2D eigenvalue weighted by atomic mass is 9.79. The number of aromatic nitrogens is 1. The van der Waals surface area contributed by atoms with Crippen molar-refractivity contribution in [2.24, 2.45) is 13.0 Å². The van der Waals surface area contributed by atoms with Crippen LogP contribution in [0, 0.1) is 5.92 Å². The molecule has 1 fully saturated rings. The number of nitrogens with zero attached hydrogens (tertiary/aromatic N) is 1. The number of hydrogen-bond donors (Lipinski definition) is 2. The van der Waals surface area contributed by atoms with E-state index in [0.717, 1.165) is 10.9 Å². The van der Waals surface area contributed by atoms with Gasteiger partial charge in [-0.3, -0.25) is 4.79 Å². The smallest absolute Gasteiger partial charge is 0.303 e. The van der Waals surface area contributed by atoms with Crippen molar-refractivity contribution < 1.29 is 18.3 Å². The zero-order chi connectivity index (χ0) is 15.9. The maximum absolute atomic E-state index is 12.4. The van der Waals surface area contributed by atoms with Gasteiger partial charge in [0.15, 0.2) is 0 Å². The molecule has 118 valence electrons. The molecule has 22 heavy (non-hydrogen) atoms. The van der Waals surface area contributed by atoms with Crippen LogP contribution in [0.25, 0.3) is 10.9 Å². The van der Waals surface area contributed by atoms with Crippen molar-refractivity contribution in [3.05, 3.63) is 30.5 Å². The highest BCUT2D eigenvalue weighted by Gasteiger charge is 2.33. The molecule has 6 nitrogen and oxygen atoms in total. The molecule has 2 N–H and O–H groups in total. The summed E-state index contributed by atoms with van der Waals surface area (Å²) in [5.74, 6) is -0.761. The Balaban J connectivity index is 1.71. The van der Waals surface area contributed by atoms with E-state index in [4.69, 9.17) is 5.11 Å². The summed E-state index contributed by atoms with van der Waals surface area (Å²) in [6.45, 7) is 0. The number of rotatable bonds is 5. The van der Waals surface area contributed by atoms with Gasteiger partial charge in [-0.25, -0.2) is 13.1 Å². The molecule has 3 rings (SSSR count). The second-order valence-electron chi connectivity index (χ2n) is 5.90. The molecule has 0 radical (unpaired) electrons. The zero-order valence-electron chi connectivity index (χ0n) is 12.2. The van der Waals surface area contributed by atoms with Gasteiger partial charge >= 0.3 is 5.97 Å². The Kier molecular flexibility index (Phi) is 3.70. The Morgan fingerprint density at radius 3 is 2.77 bits per heavy atom. The topological polar surface area (TPSA) is 88.4 Å². The maximum atomic E-state index is 12.4. The predicted octanol–water partition coefficient (Wildman–Crippen LogP) is 1.71. The molecule has 0 spiro atoms. The van der Waals surface area contributed by atoms with Crippen molar-refractivity contribution in [2.75, 3.05) is 0 Å². The van der Waals surface area contributed by atoms with Crippen molar-refractivity contribution >= 4 is 26.9 Å². The molecule has 1 heterocycles. The van der Waals surface area contributed by atoms with Gasteiger partial charge < -0.3 is 9.67 Å². The predicted molar refractivity (Wildman–Crippen MR) is 82.0 cm³/mol. The molecular weight excluding hydrogens is 304 g/mol. The average Bonchev–Trinajstić information content (AvgIpc) is 2.77. The first-order valence-electron chi connectivity index (χ1n) is 7.14. The highest BCUT2D eigenvalue weighted by Crippen LogP contribution is 2.31. The first kappa shape index (κ1) is 15.1. The van der Waals surface area contributed by atoms with E-state index in [-0.39, 0.29) is 23.3 Å². The van der Waals surface area contributed by atoms with Crippen LogP contribution in [0.15, 0.2) is 35.4 Å². The van der Waals surface area contributed by atoms with Gasteiger partial charge in [0.05, 0.1) is 4.90 Å². The lowest BCUT2D eigenvalue weighted by molar-refractivity contribution is -0.138. The zero-order valence-corrected chi connectivity index (χ0v) is 13.0. The number of hydrogen-bond acceptors (Lipinski definition) is 3. The number of carboxylic acids is 1. The molecule has 0 bridgehead atoms. The van der Waals surface area contributed by atoms with Gasteiger partial charge in [-0.05, 0) is 43.0 Å². The van der Waals surface area contributed by atoms with Crippen LogP contribution in [0.2, 0.25) is 0 Å².